The van der Waals surface area contributed by atoms with Crippen molar-refractivity contribution in [1.82, 2.24) is 0 Å². The number of hydrogen-bond acceptors (Lipinski definition) is 3. The minimum absolute atomic E-state index is 0.0325. The second-order valence-corrected chi connectivity index (χ2v) is 9.68. The smallest absolute Gasteiger partial charge is 0.314 e. The summed E-state index contributed by atoms with van der Waals surface area (Å²) in [4.78, 5) is 25.3. The fraction of sp³-hybridized carbons (Fsp3) is 0.909. The van der Waals surface area contributed by atoms with Gasteiger partial charge in [-0.3, -0.25) is 9.59 Å². The minimum Gasteiger partial charge on any atom is -0.481 e. The molecule has 0 aromatic heterocycles. The van der Waals surface area contributed by atoms with Gasteiger partial charge in [0.05, 0.1) is 11.7 Å². The molecule has 1 heterocycles. The normalized spacial score (nSPS) is 42.0. The number of aliphatic carboxylic acids is 1. The summed E-state index contributed by atoms with van der Waals surface area (Å²) in [6, 6.07) is 0. The Morgan fingerprint density at radius 3 is 2.62 bits per heavy atom. The van der Waals surface area contributed by atoms with Gasteiger partial charge in [0.1, 0.15) is 5.92 Å². The van der Waals surface area contributed by atoms with Crippen LogP contribution in [0.15, 0.2) is 0 Å². The van der Waals surface area contributed by atoms with Crippen LogP contribution >= 0.6 is 0 Å². The molecule has 7 unspecified atom stereocenters. The van der Waals surface area contributed by atoms with Crippen molar-refractivity contribution in [2.45, 2.75) is 90.8 Å². The molecule has 0 radical (unpaired) electrons. The molecule has 0 amide bonds. The van der Waals surface area contributed by atoms with E-state index in [9.17, 15) is 14.7 Å². The van der Waals surface area contributed by atoms with Crippen LogP contribution in [0.4, 0.5) is 0 Å². The Morgan fingerprint density at radius 2 is 1.96 bits per heavy atom. The quantitative estimate of drug-likeness (QED) is 0.567. The van der Waals surface area contributed by atoms with Gasteiger partial charge in [0.25, 0.3) is 0 Å². The van der Waals surface area contributed by atoms with Crippen LogP contribution in [0, 0.1) is 35.5 Å². The molecule has 0 aromatic rings. The summed E-state index contributed by atoms with van der Waals surface area (Å²) in [6.07, 6.45) is 7.99. The van der Waals surface area contributed by atoms with Crippen LogP contribution in [0.5, 0.6) is 0 Å². The van der Waals surface area contributed by atoms with E-state index in [1.807, 2.05) is 0 Å². The molecule has 1 aliphatic heterocycles. The molecule has 0 aromatic carbocycles. The van der Waals surface area contributed by atoms with Crippen LogP contribution in [0.25, 0.3) is 0 Å². The molecule has 3 rings (SSSR count). The molecule has 3 fully saturated rings. The van der Waals surface area contributed by atoms with Gasteiger partial charge in [-0.25, -0.2) is 0 Å². The maximum atomic E-state index is 13.4. The maximum absolute atomic E-state index is 13.4. The fourth-order valence-electron chi connectivity index (χ4n) is 6.24. The molecule has 0 bridgehead atoms. The van der Waals surface area contributed by atoms with E-state index < -0.39 is 11.9 Å². The van der Waals surface area contributed by atoms with Crippen LogP contribution in [0.3, 0.4) is 0 Å². The molecule has 2 aliphatic carbocycles. The maximum Gasteiger partial charge on any atom is 0.314 e. The first-order chi connectivity index (χ1) is 12.3. The van der Waals surface area contributed by atoms with Crippen LogP contribution in [-0.2, 0) is 14.3 Å². The van der Waals surface area contributed by atoms with Gasteiger partial charge in [-0.2, -0.15) is 0 Å². The Bertz CT molecular complexity index is 540. The predicted octanol–water partition coefficient (Wildman–Crippen LogP) is 4.70. The molecule has 1 N–H and O–H groups in total. The topological polar surface area (TPSA) is 63.6 Å². The summed E-state index contributed by atoms with van der Waals surface area (Å²) in [6.45, 7) is 8.77. The fourth-order valence-corrected chi connectivity index (χ4v) is 6.24. The first-order valence-corrected chi connectivity index (χ1v) is 10.7. The molecule has 7 atom stereocenters. The Hall–Kier alpha value is -0.900. The van der Waals surface area contributed by atoms with Crippen molar-refractivity contribution in [1.29, 1.82) is 0 Å². The second-order valence-electron chi connectivity index (χ2n) is 9.68. The van der Waals surface area contributed by atoms with Gasteiger partial charge in [-0.05, 0) is 63.2 Å². The third kappa shape index (κ3) is 3.58. The van der Waals surface area contributed by atoms with E-state index in [1.165, 1.54) is 6.42 Å². The molecule has 26 heavy (non-hydrogen) atoms. The lowest BCUT2D eigenvalue weighted by Gasteiger charge is -2.56. The molecule has 2 saturated carbocycles. The summed E-state index contributed by atoms with van der Waals surface area (Å²) < 4.78 is 6.50. The van der Waals surface area contributed by atoms with Crippen molar-refractivity contribution in [3.63, 3.8) is 0 Å². The summed E-state index contributed by atoms with van der Waals surface area (Å²) >= 11 is 0. The number of unbranched alkanes of at least 4 members (excludes halogenated alkanes) is 2. The molecule has 148 valence electrons. The van der Waals surface area contributed by atoms with Crippen molar-refractivity contribution in [3.8, 4) is 0 Å². The minimum atomic E-state index is -0.916. The number of rotatable bonds is 5. The van der Waals surface area contributed by atoms with E-state index in [1.54, 1.807) is 0 Å². The van der Waals surface area contributed by atoms with Crippen molar-refractivity contribution in [2.75, 3.05) is 0 Å². The lowest BCUT2D eigenvalue weighted by atomic mass is 9.55. The lowest BCUT2D eigenvalue weighted by Crippen LogP contribution is -2.61. The Morgan fingerprint density at radius 1 is 1.23 bits per heavy atom. The van der Waals surface area contributed by atoms with Crippen LogP contribution in [0.2, 0.25) is 0 Å². The number of carbonyl (C=O) groups excluding carboxylic acids is 1. The first-order valence-electron chi connectivity index (χ1n) is 10.7. The second kappa shape index (κ2) is 7.61. The van der Waals surface area contributed by atoms with E-state index >= 15 is 0 Å². The largest absolute Gasteiger partial charge is 0.481 e. The lowest BCUT2D eigenvalue weighted by molar-refractivity contribution is -0.222. The number of Topliss-reactive ketones (excluding diaryl/α,β-unsaturated/α-hetero) is 1. The van der Waals surface area contributed by atoms with Crippen molar-refractivity contribution in [3.05, 3.63) is 0 Å². The standard InChI is InChI=1S/C22H36O4/c1-5-6-7-8-14-12-17-19(20(23)18(14)21(24)25)15-11-13(2)9-10-16(15)22(3,4)26-17/h13-19H,5-12H2,1-4H3,(H,24,25). The van der Waals surface area contributed by atoms with Gasteiger partial charge in [-0.15, -0.1) is 0 Å². The van der Waals surface area contributed by atoms with Crippen LogP contribution in [0.1, 0.15) is 79.1 Å². The van der Waals surface area contributed by atoms with Gasteiger partial charge in [0, 0.05) is 5.92 Å². The summed E-state index contributed by atoms with van der Waals surface area (Å²) in [5, 5.41) is 9.81. The zero-order valence-electron chi connectivity index (χ0n) is 16.9. The number of fused-ring (bicyclic) bond motifs is 3. The van der Waals surface area contributed by atoms with Gasteiger partial charge in [-0.1, -0.05) is 39.5 Å². The van der Waals surface area contributed by atoms with Gasteiger partial charge >= 0.3 is 5.97 Å². The molecular weight excluding hydrogens is 328 g/mol. The summed E-state index contributed by atoms with van der Waals surface area (Å²) in [7, 11) is 0. The molecule has 0 spiro atoms. The number of ketones is 1. The number of ether oxygens (including phenoxy) is 1. The van der Waals surface area contributed by atoms with Gasteiger partial charge in [0.2, 0.25) is 0 Å². The zero-order valence-corrected chi connectivity index (χ0v) is 16.9. The van der Waals surface area contributed by atoms with Crippen molar-refractivity contribution < 1.29 is 19.4 Å². The molecule has 3 aliphatic rings. The van der Waals surface area contributed by atoms with Crippen molar-refractivity contribution in [2.24, 2.45) is 35.5 Å². The van der Waals surface area contributed by atoms with Crippen molar-refractivity contribution >= 4 is 11.8 Å². The van der Waals surface area contributed by atoms with Gasteiger partial charge < -0.3 is 9.84 Å². The average molecular weight is 365 g/mol. The van der Waals surface area contributed by atoms with Crippen LogP contribution < -0.4 is 0 Å². The Balaban J connectivity index is 1.87. The zero-order chi connectivity index (χ0) is 19.1. The highest BCUT2D eigenvalue weighted by Crippen LogP contribution is 2.54. The SMILES string of the molecule is CCCCCC1CC2OC(C)(C)C3CCC(C)CC3C2C(=O)C1C(=O)O. The monoisotopic (exact) mass is 364 g/mol. The van der Waals surface area contributed by atoms with E-state index in [0.29, 0.717) is 17.8 Å². The molecule has 1 saturated heterocycles. The number of hydrogen-bond donors (Lipinski definition) is 1. The third-order valence-corrected chi connectivity index (χ3v) is 7.46. The summed E-state index contributed by atoms with van der Waals surface area (Å²) in [5.41, 5.74) is -0.212. The Kier molecular flexibility index (Phi) is 5.81. The molecular formula is C22H36O4. The van der Waals surface area contributed by atoms with E-state index in [4.69, 9.17) is 4.74 Å². The highest BCUT2D eigenvalue weighted by Gasteiger charge is 2.58. The Labute approximate surface area is 158 Å². The summed E-state index contributed by atoms with van der Waals surface area (Å²) in [5.74, 6) is -0.774. The van der Waals surface area contributed by atoms with Crippen LogP contribution in [-0.4, -0.2) is 28.6 Å². The van der Waals surface area contributed by atoms with E-state index in [-0.39, 0.29) is 29.3 Å². The average Bonchev–Trinajstić information content (AvgIpc) is 2.53. The number of carbonyl (C=O) groups is 2. The highest BCUT2D eigenvalue weighted by molar-refractivity contribution is 6.01. The number of carboxylic acids is 1. The number of carboxylic acid groups (broad SMARTS) is 1. The predicted molar refractivity (Wildman–Crippen MR) is 101 cm³/mol. The molecule has 4 nitrogen and oxygen atoms in total. The van der Waals surface area contributed by atoms with E-state index in [0.717, 1.165) is 44.9 Å². The molecule has 4 heteroatoms. The van der Waals surface area contributed by atoms with Gasteiger partial charge in [0.15, 0.2) is 5.78 Å². The third-order valence-electron chi connectivity index (χ3n) is 7.46. The highest BCUT2D eigenvalue weighted by atomic mass is 16.5. The van der Waals surface area contributed by atoms with E-state index in [2.05, 4.69) is 27.7 Å². The first kappa shape index (κ1) is 19.9.